The summed E-state index contributed by atoms with van der Waals surface area (Å²) in [6.07, 6.45) is 0. The number of ether oxygens (including phenoxy) is 1. The van der Waals surface area contributed by atoms with Crippen molar-refractivity contribution in [3.8, 4) is 0 Å². The maximum atomic E-state index is 9.73. The quantitative estimate of drug-likeness (QED) is 0.387. The van der Waals surface area contributed by atoms with Crippen LogP contribution in [0, 0.1) is 0 Å². The van der Waals surface area contributed by atoms with Crippen molar-refractivity contribution < 1.29 is 34.8 Å². The molecule has 0 aromatic heterocycles. The molecule has 0 atom stereocenters. The van der Waals surface area contributed by atoms with Gasteiger partial charge in [0.05, 0.1) is 26.3 Å². The molecule has 0 unspecified atom stereocenters. The highest BCUT2D eigenvalue weighted by atomic mass is 16.5. The van der Waals surface area contributed by atoms with E-state index >= 15 is 0 Å². The Morgan fingerprint density at radius 1 is 0.944 bits per heavy atom. The molecule has 8 nitrogen and oxygen atoms in total. The van der Waals surface area contributed by atoms with Gasteiger partial charge in [-0.05, 0) is 13.8 Å². The topological polar surface area (TPSA) is 136 Å². The number of nitrogens with one attached hydrogen (secondary N) is 1. The van der Waals surface area contributed by atoms with Crippen LogP contribution in [0.2, 0.25) is 0 Å². The second kappa shape index (κ2) is 21.1. The minimum atomic E-state index is -1.06. The monoisotopic (exact) mass is 269 g/mol. The van der Waals surface area contributed by atoms with Gasteiger partial charge in [0.1, 0.15) is 0 Å². The Balaban J connectivity index is -0.000000212. The molecule has 0 aliphatic heterocycles. The highest BCUT2D eigenvalue weighted by Crippen LogP contribution is 1.64. The van der Waals surface area contributed by atoms with Gasteiger partial charge in [0.25, 0.3) is 0 Å². The van der Waals surface area contributed by atoms with Crippen molar-refractivity contribution >= 4 is 11.9 Å². The average Bonchev–Trinajstić information content (AvgIpc) is 2.30. The van der Waals surface area contributed by atoms with Gasteiger partial charge < -0.3 is 25.2 Å². The van der Waals surface area contributed by atoms with Crippen molar-refractivity contribution in [3.05, 3.63) is 0 Å². The van der Waals surface area contributed by atoms with Crippen LogP contribution >= 0.6 is 0 Å². The first-order chi connectivity index (χ1) is 8.45. The van der Waals surface area contributed by atoms with E-state index in [-0.39, 0.29) is 26.3 Å². The van der Waals surface area contributed by atoms with E-state index in [1.807, 2.05) is 13.8 Å². The van der Waals surface area contributed by atoms with Gasteiger partial charge in [-0.1, -0.05) is 0 Å². The van der Waals surface area contributed by atoms with Gasteiger partial charge in [0.2, 0.25) is 0 Å². The van der Waals surface area contributed by atoms with E-state index in [0.29, 0.717) is 0 Å². The van der Waals surface area contributed by atoms with Crippen LogP contribution in [0.3, 0.4) is 0 Å². The maximum Gasteiger partial charge on any atom is 0.317 e. The summed E-state index contributed by atoms with van der Waals surface area (Å²) in [4.78, 5) is 19.5. The molecule has 0 radical (unpaired) electrons. The van der Waals surface area contributed by atoms with Crippen molar-refractivity contribution in [1.29, 1.82) is 0 Å². The van der Waals surface area contributed by atoms with Gasteiger partial charge in [-0.2, -0.15) is 0 Å². The normalized spacial score (nSPS) is 8.44. The van der Waals surface area contributed by atoms with E-state index in [2.05, 4.69) is 5.32 Å². The first-order valence-electron chi connectivity index (χ1n) is 5.39. The van der Waals surface area contributed by atoms with Crippen molar-refractivity contribution in [2.75, 3.05) is 39.5 Å². The first kappa shape index (κ1) is 22.0. The average molecular weight is 269 g/mol. The van der Waals surface area contributed by atoms with Crippen molar-refractivity contribution in [1.82, 2.24) is 5.32 Å². The SMILES string of the molecule is CCOCC.O=C(O)CNCC(=O)O.OCCO. The molecule has 8 heteroatoms. The number of carbonyl (C=O) groups is 2. The lowest BCUT2D eigenvalue weighted by Crippen LogP contribution is -2.27. The zero-order chi connectivity index (χ0) is 14.8. The summed E-state index contributed by atoms with van der Waals surface area (Å²) in [6, 6.07) is 0. The minimum absolute atomic E-state index is 0.125. The smallest absolute Gasteiger partial charge is 0.317 e. The van der Waals surface area contributed by atoms with E-state index in [9.17, 15) is 9.59 Å². The molecule has 110 valence electrons. The Morgan fingerprint density at radius 2 is 1.28 bits per heavy atom. The number of rotatable bonds is 7. The molecule has 0 aromatic carbocycles. The molecule has 18 heavy (non-hydrogen) atoms. The molecule has 0 heterocycles. The Kier molecular flexibility index (Phi) is 25.8. The summed E-state index contributed by atoms with van der Waals surface area (Å²) < 4.78 is 4.83. The Morgan fingerprint density at radius 3 is 1.39 bits per heavy atom. The summed E-state index contributed by atoms with van der Waals surface area (Å²) in [6.45, 7) is 4.79. The third-order valence-corrected chi connectivity index (χ3v) is 1.06. The summed E-state index contributed by atoms with van der Waals surface area (Å²) in [7, 11) is 0. The molecule has 0 saturated carbocycles. The molecule has 0 rings (SSSR count). The zero-order valence-corrected chi connectivity index (χ0v) is 10.8. The largest absolute Gasteiger partial charge is 0.480 e. The van der Waals surface area contributed by atoms with E-state index in [1.54, 1.807) is 0 Å². The molecule has 0 fully saturated rings. The highest BCUT2D eigenvalue weighted by molar-refractivity contribution is 5.72. The number of hydrogen-bond donors (Lipinski definition) is 5. The van der Waals surface area contributed by atoms with Crippen LogP contribution in [0.4, 0.5) is 0 Å². The van der Waals surface area contributed by atoms with Gasteiger partial charge in [0, 0.05) is 13.2 Å². The van der Waals surface area contributed by atoms with E-state index in [1.165, 1.54) is 0 Å². The van der Waals surface area contributed by atoms with Crippen molar-refractivity contribution in [2.24, 2.45) is 0 Å². The minimum Gasteiger partial charge on any atom is -0.480 e. The number of carboxylic acids is 2. The summed E-state index contributed by atoms with van der Waals surface area (Å²) in [5, 5.41) is 33.4. The van der Waals surface area contributed by atoms with Gasteiger partial charge >= 0.3 is 11.9 Å². The third-order valence-electron chi connectivity index (χ3n) is 1.06. The third kappa shape index (κ3) is 46.4. The van der Waals surface area contributed by atoms with E-state index < -0.39 is 11.9 Å². The van der Waals surface area contributed by atoms with Crippen LogP contribution in [0.5, 0.6) is 0 Å². The molecule has 0 saturated heterocycles. The Labute approximate surface area is 106 Å². The standard InChI is InChI=1S/C4H7NO4.C4H10O.C2H6O2/c6-3(7)1-5-2-4(8)9;1-3-5-4-2;3-1-2-4/h5H,1-2H2,(H,6,7)(H,8,9);3-4H2,1-2H3;3-4H,1-2H2. The number of carboxylic acid groups (broad SMARTS) is 2. The molecule has 0 aromatic rings. The number of hydrogen-bond acceptors (Lipinski definition) is 6. The fourth-order valence-electron chi connectivity index (χ4n) is 0.480. The molecule has 0 bridgehead atoms. The second-order valence-corrected chi connectivity index (χ2v) is 2.62. The number of aliphatic hydroxyl groups is 2. The lowest BCUT2D eigenvalue weighted by Gasteiger charge is -1.93. The van der Waals surface area contributed by atoms with E-state index in [0.717, 1.165) is 13.2 Å². The number of aliphatic hydroxyl groups excluding tert-OH is 2. The molecular weight excluding hydrogens is 246 g/mol. The lowest BCUT2D eigenvalue weighted by molar-refractivity contribution is -0.137. The number of aliphatic carboxylic acids is 2. The fraction of sp³-hybridized carbons (Fsp3) is 0.800. The van der Waals surface area contributed by atoms with Crippen molar-refractivity contribution in [2.45, 2.75) is 13.8 Å². The van der Waals surface area contributed by atoms with Crippen LogP contribution in [0.1, 0.15) is 13.8 Å². The fourth-order valence-corrected chi connectivity index (χ4v) is 0.480. The predicted molar refractivity (Wildman–Crippen MR) is 64.5 cm³/mol. The molecule has 0 aliphatic carbocycles. The van der Waals surface area contributed by atoms with E-state index in [4.69, 9.17) is 25.2 Å². The summed E-state index contributed by atoms with van der Waals surface area (Å²) >= 11 is 0. The van der Waals surface area contributed by atoms with Gasteiger partial charge in [-0.15, -0.1) is 0 Å². The van der Waals surface area contributed by atoms with Crippen LogP contribution in [-0.2, 0) is 14.3 Å². The zero-order valence-electron chi connectivity index (χ0n) is 10.8. The Bertz CT molecular complexity index is 169. The second-order valence-electron chi connectivity index (χ2n) is 2.62. The molecule has 0 aliphatic rings. The molecule has 5 N–H and O–H groups in total. The first-order valence-corrected chi connectivity index (χ1v) is 5.39. The molecule has 0 spiro atoms. The lowest BCUT2D eigenvalue weighted by atomic mass is 10.6. The summed E-state index contributed by atoms with van der Waals surface area (Å²) in [5.41, 5.74) is 0. The predicted octanol–water partition coefficient (Wildman–Crippen LogP) is -1.24. The van der Waals surface area contributed by atoms with Crippen LogP contribution in [0.25, 0.3) is 0 Å². The molecular formula is C10H23NO7. The van der Waals surface area contributed by atoms with Crippen molar-refractivity contribution in [3.63, 3.8) is 0 Å². The summed E-state index contributed by atoms with van der Waals surface area (Å²) in [5.74, 6) is -2.12. The van der Waals surface area contributed by atoms with Crippen LogP contribution in [-0.4, -0.2) is 71.9 Å². The van der Waals surface area contributed by atoms with Gasteiger partial charge in [0.15, 0.2) is 0 Å². The van der Waals surface area contributed by atoms with Gasteiger partial charge in [-0.3, -0.25) is 14.9 Å². The van der Waals surface area contributed by atoms with Crippen LogP contribution in [0.15, 0.2) is 0 Å². The maximum absolute atomic E-state index is 9.73. The molecule has 0 amide bonds. The van der Waals surface area contributed by atoms with Gasteiger partial charge in [-0.25, -0.2) is 0 Å². The Hall–Kier alpha value is -1.22. The van der Waals surface area contributed by atoms with Crippen LogP contribution < -0.4 is 5.32 Å². The highest BCUT2D eigenvalue weighted by Gasteiger charge is 1.97.